The minimum Gasteiger partial charge on any atom is -0.452 e. The van der Waals surface area contributed by atoms with E-state index in [2.05, 4.69) is 27.2 Å². The van der Waals surface area contributed by atoms with Gasteiger partial charge in [-0.2, -0.15) is 0 Å². The maximum Gasteiger partial charge on any atom is 0.414 e. The summed E-state index contributed by atoms with van der Waals surface area (Å²) in [6, 6.07) is 4.50. The van der Waals surface area contributed by atoms with E-state index in [0.29, 0.717) is 10.9 Å². The molecule has 0 bridgehead atoms. The lowest BCUT2D eigenvalue weighted by Gasteiger charge is -2.21. The number of carbonyl (C=O) groups is 1. The number of nitrogens with zero attached hydrogens (tertiary/aromatic N) is 2. The number of hydrogen-bond donors (Lipinski definition) is 0. The van der Waals surface area contributed by atoms with Gasteiger partial charge in [0.15, 0.2) is 0 Å². The molecule has 0 spiro atoms. The molecule has 0 N–H and O–H groups in total. The lowest BCUT2D eigenvalue weighted by Crippen LogP contribution is -2.32. The molecule has 0 aromatic heterocycles. The minimum absolute atomic E-state index is 0.163. The van der Waals surface area contributed by atoms with E-state index in [0.717, 1.165) is 0 Å². The molecule has 0 fully saturated rings. The molecular formula is C12H13BrN2O4. The third-order valence-electron chi connectivity index (χ3n) is 2.38. The van der Waals surface area contributed by atoms with Gasteiger partial charge in [-0.05, 0) is 28.4 Å². The normalized spacial score (nSPS) is 9.79. The number of ether oxygens (including phenoxy) is 1. The van der Waals surface area contributed by atoms with E-state index in [1.165, 1.54) is 24.1 Å². The van der Waals surface area contributed by atoms with Crippen LogP contribution in [0.2, 0.25) is 0 Å². The van der Waals surface area contributed by atoms with Gasteiger partial charge in [0.05, 0.1) is 12.0 Å². The number of para-hydroxylation sites is 1. The molecule has 0 radical (unpaired) electrons. The number of rotatable bonds is 5. The van der Waals surface area contributed by atoms with E-state index in [1.54, 1.807) is 12.1 Å². The Hall–Kier alpha value is -1.89. The van der Waals surface area contributed by atoms with Crippen molar-refractivity contribution in [3.8, 4) is 0 Å². The molecule has 1 aromatic rings. The van der Waals surface area contributed by atoms with Gasteiger partial charge in [-0.1, -0.05) is 12.1 Å². The van der Waals surface area contributed by atoms with E-state index in [4.69, 9.17) is 0 Å². The number of hydrogen-bond acceptors (Lipinski definition) is 4. The van der Waals surface area contributed by atoms with Crippen molar-refractivity contribution >= 4 is 33.4 Å². The molecule has 0 aliphatic heterocycles. The second-order valence-electron chi connectivity index (χ2n) is 3.56. The Kier molecular flexibility index (Phi) is 5.50. The summed E-state index contributed by atoms with van der Waals surface area (Å²) in [7, 11) is 1.23. The van der Waals surface area contributed by atoms with Crippen molar-refractivity contribution in [2.75, 3.05) is 18.6 Å². The van der Waals surface area contributed by atoms with E-state index in [-0.39, 0.29) is 17.9 Å². The monoisotopic (exact) mass is 328 g/mol. The van der Waals surface area contributed by atoms with Crippen LogP contribution in [-0.4, -0.2) is 24.7 Å². The number of carbonyl (C=O) groups excluding carboxylic acids is 1. The summed E-state index contributed by atoms with van der Waals surface area (Å²) in [5.41, 5.74) is 0.0186. The van der Waals surface area contributed by atoms with Crippen LogP contribution in [0.15, 0.2) is 35.3 Å². The Morgan fingerprint density at radius 1 is 1.63 bits per heavy atom. The molecular weight excluding hydrogens is 316 g/mol. The molecule has 0 heterocycles. The van der Waals surface area contributed by atoms with Crippen molar-refractivity contribution in [2.24, 2.45) is 0 Å². The van der Waals surface area contributed by atoms with Crippen LogP contribution in [0.1, 0.15) is 6.42 Å². The highest BCUT2D eigenvalue weighted by molar-refractivity contribution is 9.10. The molecule has 1 amide bonds. The SMILES string of the molecule is C=CCCN(C(=O)OC)c1c(Br)cccc1[N+](=O)[O-]. The van der Waals surface area contributed by atoms with Crippen LogP contribution in [0.3, 0.4) is 0 Å². The number of benzene rings is 1. The van der Waals surface area contributed by atoms with Crippen molar-refractivity contribution in [3.63, 3.8) is 0 Å². The predicted octanol–water partition coefficient (Wildman–Crippen LogP) is 3.51. The molecule has 1 aromatic carbocycles. The van der Waals surface area contributed by atoms with Gasteiger partial charge < -0.3 is 4.74 Å². The molecule has 0 saturated heterocycles. The fraction of sp³-hybridized carbons (Fsp3) is 0.250. The van der Waals surface area contributed by atoms with Crippen molar-refractivity contribution in [3.05, 3.63) is 45.4 Å². The summed E-state index contributed by atoms with van der Waals surface area (Å²) in [6.07, 6.45) is 1.46. The van der Waals surface area contributed by atoms with Crippen molar-refractivity contribution in [1.82, 2.24) is 0 Å². The lowest BCUT2D eigenvalue weighted by molar-refractivity contribution is -0.384. The number of anilines is 1. The predicted molar refractivity (Wildman–Crippen MR) is 75.4 cm³/mol. The van der Waals surface area contributed by atoms with Crippen LogP contribution in [0.5, 0.6) is 0 Å². The Morgan fingerprint density at radius 3 is 2.84 bits per heavy atom. The molecule has 0 aliphatic rings. The highest BCUT2D eigenvalue weighted by atomic mass is 79.9. The van der Waals surface area contributed by atoms with Gasteiger partial charge in [0.2, 0.25) is 0 Å². The van der Waals surface area contributed by atoms with Crippen LogP contribution < -0.4 is 4.90 Å². The average Bonchev–Trinajstić information content (AvgIpc) is 2.39. The summed E-state index contributed by atoms with van der Waals surface area (Å²) in [5.74, 6) is 0. The molecule has 0 aliphatic carbocycles. The first-order valence-electron chi connectivity index (χ1n) is 5.42. The molecule has 7 heteroatoms. The number of halogens is 1. The van der Waals surface area contributed by atoms with Crippen molar-refractivity contribution in [2.45, 2.75) is 6.42 Å². The Morgan fingerprint density at radius 2 is 2.32 bits per heavy atom. The van der Waals surface area contributed by atoms with Gasteiger partial charge >= 0.3 is 6.09 Å². The Bertz CT molecular complexity index is 505. The first-order chi connectivity index (χ1) is 9.02. The van der Waals surface area contributed by atoms with Crippen LogP contribution in [0, 0.1) is 10.1 Å². The van der Waals surface area contributed by atoms with Crippen LogP contribution >= 0.6 is 15.9 Å². The van der Waals surface area contributed by atoms with Gasteiger partial charge in [0.1, 0.15) is 5.69 Å². The third-order valence-corrected chi connectivity index (χ3v) is 3.02. The summed E-state index contributed by atoms with van der Waals surface area (Å²) < 4.78 is 5.12. The second kappa shape index (κ2) is 6.89. The zero-order valence-electron chi connectivity index (χ0n) is 10.3. The standard InChI is InChI=1S/C12H13BrN2O4/c1-3-4-8-14(12(16)19-2)11-9(13)6-5-7-10(11)15(17)18/h3,5-7H,1,4,8H2,2H3. The van der Waals surface area contributed by atoms with E-state index in [1.807, 2.05) is 0 Å². The van der Waals surface area contributed by atoms with Gasteiger partial charge in [0.25, 0.3) is 5.69 Å². The molecule has 0 unspecified atom stereocenters. The maximum atomic E-state index is 11.8. The molecule has 102 valence electrons. The van der Waals surface area contributed by atoms with Crippen LogP contribution in [0.25, 0.3) is 0 Å². The van der Waals surface area contributed by atoms with Crippen molar-refractivity contribution < 1.29 is 14.5 Å². The molecule has 1 rings (SSSR count). The van der Waals surface area contributed by atoms with Crippen LogP contribution in [0.4, 0.5) is 16.2 Å². The molecule has 19 heavy (non-hydrogen) atoms. The number of amides is 1. The molecule has 0 atom stereocenters. The van der Waals surface area contributed by atoms with Gasteiger partial charge in [-0.25, -0.2) is 4.79 Å². The zero-order valence-corrected chi connectivity index (χ0v) is 11.9. The number of nitro groups is 1. The summed E-state index contributed by atoms with van der Waals surface area (Å²) in [4.78, 5) is 23.5. The van der Waals surface area contributed by atoms with Gasteiger partial charge in [-0.15, -0.1) is 6.58 Å². The molecule has 0 saturated carbocycles. The molecule has 6 nitrogen and oxygen atoms in total. The zero-order chi connectivity index (χ0) is 14.4. The first-order valence-corrected chi connectivity index (χ1v) is 6.21. The number of nitro benzene ring substituents is 1. The quantitative estimate of drug-likeness (QED) is 0.471. The fourth-order valence-electron chi connectivity index (χ4n) is 1.54. The van der Waals surface area contributed by atoms with E-state index < -0.39 is 11.0 Å². The van der Waals surface area contributed by atoms with E-state index in [9.17, 15) is 14.9 Å². The van der Waals surface area contributed by atoms with Crippen molar-refractivity contribution in [1.29, 1.82) is 0 Å². The van der Waals surface area contributed by atoms with Gasteiger partial charge in [0, 0.05) is 17.1 Å². The van der Waals surface area contributed by atoms with Gasteiger partial charge in [-0.3, -0.25) is 15.0 Å². The Labute approximate surface area is 118 Å². The fourth-order valence-corrected chi connectivity index (χ4v) is 2.11. The first kappa shape index (κ1) is 15.2. The third kappa shape index (κ3) is 3.54. The maximum absolute atomic E-state index is 11.8. The lowest BCUT2D eigenvalue weighted by atomic mass is 10.2. The number of methoxy groups -OCH3 is 1. The highest BCUT2D eigenvalue weighted by Gasteiger charge is 2.26. The minimum atomic E-state index is -0.656. The topological polar surface area (TPSA) is 72.7 Å². The Balaban J connectivity index is 3.31. The van der Waals surface area contributed by atoms with E-state index >= 15 is 0 Å². The van der Waals surface area contributed by atoms with Crippen LogP contribution in [-0.2, 0) is 4.74 Å². The largest absolute Gasteiger partial charge is 0.452 e. The average molecular weight is 329 g/mol. The summed E-state index contributed by atoms with van der Waals surface area (Å²) >= 11 is 3.23. The second-order valence-corrected chi connectivity index (χ2v) is 4.42. The highest BCUT2D eigenvalue weighted by Crippen LogP contribution is 2.36. The smallest absolute Gasteiger partial charge is 0.414 e. The summed E-state index contributed by atoms with van der Waals surface area (Å²) in [5, 5.41) is 11.0. The summed E-state index contributed by atoms with van der Waals surface area (Å²) in [6.45, 7) is 3.82.